The molecular formula is C71H109N7O7S2. The molecule has 13 aliphatic rings. The molecule has 16 heteroatoms. The summed E-state index contributed by atoms with van der Waals surface area (Å²) in [5.41, 5.74) is 10.0. The molecule has 10 fully saturated rings. The minimum Gasteiger partial charge on any atom is -0.396 e. The van der Waals surface area contributed by atoms with Crippen LogP contribution in [0.25, 0.3) is 0 Å². The van der Waals surface area contributed by atoms with Crippen molar-refractivity contribution in [1.29, 1.82) is 0 Å². The van der Waals surface area contributed by atoms with Crippen molar-refractivity contribution < 1.29 is 35.4 Å². The molecule has 482 valence electrons. The third-order valence-corrected chi connectivity index (χ3v) is 31.7. The van der Waals surface area contributed by atoms with Gasteiger partial charge in [-0.2, -0.15) is 0 Å². The van der Waals surface area contributed by atoms with Gasteiger partial charge in [0.15, 0.2) is 11.7 Å². The van der Waals surface area contributed by atoms with Gasteiger partial charge in [0.2, 0.25) is 0 Å². The lowest BCUT2D eigenvalue weighted by Gasteiger charge is -2.67. The molecule has 22 atom stereocenters. The van der Waals surface area contributed by atoms with Gasteiger partial charge in [0.25, 0.3) is 0 Å². The zero-order chi connectivity index (χ0) is 60.8. The summed E-state index contributed by atoms with van der Waals surface area (Å²) < 4.78 is 1.90. The molecular weight excluding hydrogens is 1130 g/mol. The summed E-state index contributed by atoms with van der Waals surface area (Å²) in [7, 11) is 5.92. The summed E-state index contributed by atoms with van der Waals surface area (Å²) in [6, 6.07) is 0.110. The minimum atomic E-state index is -1.71. The second kappa shape index (κ2) is 23.0. The molecule has 11 N–H and O–H groups in total. The van der Waals surface area contributed by atoms with Gasteiger partial charge < -0.3 is 56.9 Å². The summed E-state index contributed by atoms with van der Waals surface area (Å²) in [4.78, 5) is 26.2. The molecule has 0 aromatic carbocycles. The topological polar surface area (TPSA) is 231 Å². The number of nitrogens with two attached hydrogens (primary N) is 1. The molecule has 6 bridgehead atoms. The Morgan fingerprint density at radius 2 is 1.77 bits per heavy atom. The molecule has 2 aliphatic heterocycles. The zero-order valence-corrected chi connectivity index (χ0v) is 55.2. The van der Waals surface area contributed by atoms with Gasteiger partial charge in [-0.25, -0.2) is 4.98 Å². The molecule has 8 saturated carbocycles. The number of hydrogen-bond donors (Lipinski definition) is 10. The van der Waals surface area contributed by atoms with E-state index < -0.39 is 69.4 Å². The molecule has 0 amide bonds. The highest BCUT2D eigenvalue weighted by atomic mass is 33.1. The predicted octanol–water partition coefficient (Wildman–Crippen LogP) is 9.66. The third kappa shape index (κ3) is 9.27. The Hall–Kier alpha value is -2.25. The number of piperidine rings is 1. The number of guanidine groups is 1. The zero-order valence-electron chi connectivity index (χ0n) is 53.5. The van der Waals surface area contributed by atoms with E-state index in [-0.39, 0.29) is 77.8 Å². The molecule has 1 aromatic rings. The second-order valence-electron chi connectivity index (χ2n) is 32.8. The van der Waals surface area contributed by atoms with Crippen LogP contribution in [-0.2, 0) is 4.79 Å². The van der Waals surface area contributed by atoms with Crippen LogP contribution in [0.5, 0.6) is 0 Å². The fraction of sp³-hybridized carbons (Fsp3) is 0.845. The highest BCUT2D eigenvalue weighted by molar-refractivity contribution is 8.77. The lowest BCUT2D eigenvalue weighted by Crippen LogP contribution is -2.71. The Kier molecular flexibility index (Phi) is 16.5. The highest BCUT2D eigenvalue weighted by Gasteiger charge is 2.80. The number of aliphatic hydroxyl groups is 6. The number of carbonyl (C=O) groups is 1. The summed E-state index contributed by atoms with van der Waals surface area (Å²) in [5, 5.41) is 89.7. The largest absolute Gasteiger partial charge is 0.396 e. The number of allylic oxidation sites excluding steroid dienone is 3. The van der Waals surface area contributed by atoms with Crippen molar-refractivity contribution >= 4 is 33.3 Å². The lowest BCUT2D eigenvalue weighted by molar-refractivity contribution is -0.204. The van der Waals surface area contributed by atoms with Crippen LogP contribution in [0, 0.1) is 104 Å². The Morgan fingerprint density at radius 3 is 2.52 bits per heavy atom. The van der Waals surface area contributed by atoms with Crippen LogP contribution in [0.2, 0.25) is 0 Å². The number of hydrogen-bond acceptors (Lipinski definition) is 13. The number of carbonyl (C=O) groups excluding carboxylic acids is 1. The van der Waals surface area contributed by atoms with Crippen LogP contribution in [0.1, 0.15) is 188 Å². The maximum Gasteiger partial charge on any atom is 0.190 e. The third-order valence-electron chi connectivity index (χ3n) is 28.2. The molecule has 3 spiro atoms. The Balaban J connectivity index is 1.03. The number of aliphatic imine (C=N–C) groups is 1. The van der Waals surface area contributed by atoms with Gasteiger partial charge in [-0.3, -0.25) is 9.79 Å². The van der Waals surface area contributed by atoms with Crippen molar-refractivity contribution in [2.45, 2.75) is 223 Å². The summed E-state index contributed by atoms with van der Waals surface area (Å²) in [6.07, 6.45) is 26.8. The quantitative estimate of drug-likeness (QED) is 0.0327. The van der Waals surface area contributed by atoms with Gasteiger partial charge in [-0.15, -0.1) is 0 Å². The first-order valence-electron chi connectivity index (χ1n) is 35.2. The molecule has 3 heterocycles. The van der Waals surface area contributed by atoms with Gasteiger partial charge in [0.1, 0.15) is 6.23 Å². The molecule has 1 aromatic heterocycles. The van der Waals surface area contributed by atoms with Gasteiger partial charge >= 0.3 is 0 Å². The first-order valence-corrected chi connectivity index (χ1v) is 37.5. The average Bonchev–Trinajstić information content (AvgIpc) is 1.60. The van der Waals surface area contributed by atoms with Gasteiger partial charge in [-0.1, -0.05) is 97.3 Å². The summed E-state index contributed by atoms with van der Waals surface area (Å²) >= 11 is 0. The van der Waals surface area contributed by atoms with Crippen molar-refractivity contribution in [2.75, 3.05) is 45.6 Å². The lowest BCUT2D eigenvalue weighted by atomic mass is 9.39. The smallest absolute Gasteiger partial charge is 0.190 e. The van der Waals surface area contributed by atoms with Crippen molar-refractivity contribution in [3.63, 3.8) is 0 Å². The predicted molar refractivity (Wildman–Crippen MR) is 346 cm³/mol. The van der Waals surface area contributed by atoms with Crippen LogP contribution >= 0.6 is 21.6 Å². The fourth-order valence-electron chi connectivity index (χ4n) is 25.7. The first-order chi connectivity index (χ1) is 41.7. The van der Waals surface area contributed by atoms with Gasteiger partial charge in [0.05, 0.1) is 36.8 Å². The normalized spacial score (nSPS) is 46.6. The van der Waals surface area contributed by atoms with Crippen LogP contribution in [0.3, 0.4) is 0 Å². The van der Waals surface area contributed by atoms with Crippen molar-refractivity contribution in [3.05, 3.63) is 52.7 Å². The molecule has 0 unspecified atom stereocenters. The summed E-state index contributed by atoms with van der Waals surface area (Å²) in [6.45, 7) is 13.2. The average molecular weight is 1240 g/mol. The number of nitrogens with one attached hydrogen (secondary N) is 3. The molecule has 2 saturated heterocycles. The number of aromatic nitrogens is 2. The van der Waals surface area contributed by atoms with E-state index >= 15 is 9.90 Å². The molecule has 0 radical (unpaired) electrons. The van der Waals surface area contributed by atoms with E-state index in [0.29, 0.717) is 54.5 Å². The molecule has 87 heavy (non-hydrogen) atoms. The minimum absolute atomic E-state index is 0.0919. The highest BCUT2D eigenvalue weighted by Crippen LogP contribution is 2.80. The van der Waals surface area contributed by atoms with Crippen LogP contribution in [-0.4, -0.2) is 132 Å². The number of rotatable bonds is 11. The number of imidazole rings is 1. The van der Waals surface area contributed by atoms with Crippen LogP contribution in [0.15, 0.2) is 57.7 Å². The van der Waals surface area contributed by atoms with Gasteiger partial charge in [-0.05, 0) is 230 Å². The first kappa shape index (κ1) is 62.2. The van der Waals surface area contributed by atoms with Crippen LogP contribution in [0.4, 0.5) is 0 Å². The molecule has 14 nitrogen and oxygen atoms in total. The van der Waals surface area contributed by atoms with E-state index in [1.54, 1.807) is 23.6 Å². The monoisotopic (exact) mass is 1240 g/mol. The second-order valence-corrected chi connectivity index (χ2v) is 35.5. The van der Waals surface area contributed by atoms with Gasteiger partial charge in [0, 0.05) is 77.0 Å². The van der Waals surface area contributed by atoms with E-state index in [1.165, 1.54) is 44.1 Å². The van der Waals surface area contributed by atoms with Crippen molar-refractivity contribution in [3.8, 4) is 0 Å². The maximum atomic E-state index is 16.3. The number of ketones is 1. The Bertz CT molecular complexity index is 2890. The summed E-state index contributed by atoms with van der Waals surface area (Å²) in [5.74, 6) is 0.168. The maximum absolute atomic E-state index is 16.3. The molecule has 14 rings (SSSR count). The Labute approximate surface area is 527 Å². The standard InChI is InChI=1S/C71H109N7O7S2/c1-40(2)11-8-19-68-34-54(82)62(83)50(36-73-6)60(68)53(81)29-52-58(68)44(35-76-64(72)77-41(3)80)32-69(38-79)51-30-55(71(52,69)85)70(20-10-17-66(70)21-23-74-24-22-66)87-86-37-46(78-26-25-75-39-78)33-65(4,5)61-49-27-42-15-16-45-13-9-18-67(45,31-42)59(49)47-14-7-12-43-28-48(51)63(84)57(61)56(43)47/h25-26,29,39-46,48,50-51,54-55,57-60,62-63,73-74,79-80,82-85H,7-24,27-28,30-38H2,1-6H3,(H3,72,76,77)/t41-,42+,43+,44-,45+,46+,48+,50-,51-,54+,55+,57-,58+,59-,60+,62-,63+,67-,68-,69+,70-,71+/m1/s1. The van der Waals surface area contributed by atoms with Crippen molar-refractivity contribution in [1.82, 2.24) is 25.5 Å². The number of fused-ring (bicyclic) bond motifs is 16. The fourth-order valence-corrected chi connectivity index (χ4v) is 29.9. The van der Waals surface area contributed by atoms with E-state index in [0.717, 1.165) is 108 Å². The number of aliphatic hydroxyl groups excluding tert-OH is 5. The van der Waals surface area contributed by atoms with E-state index in [9.17, 15) is 25.5 Å². The van der Waals surface area contributed by atoms with Crippen molar-refractivity contribution in [2.24, 2.45) is 115 Å². The molecule has 11 aliphatic carbocycles. The number of nitrogens with zero attached hydrogens (tertiary/aromatic N) is 3. The van der Waals surface area contributed by atoms with E-state index in [1.807, 2.05) is 36.4 Å². The Morgan fingerprint density at radius 1 is 0.954 bits per heavy atom. The van der Waals surface area contributed by atoms with E-state index in [4.69, 9.17) is 15.7 Å². The van der Waals surface area contributed by atoms with Crippen LogP contribution < -0.4 is 21.7 Å². The van der Waals surface area contributed by atoms with E-state index in [2.05, 4.69) is 65.2 Å². The SMILES string of the molecule is CNC[C@H]1[C@@H](O)[C@@H](O)C[C@]2(CCCC(C)C)[C@@H]3C(=CC(=O)[C@H]12)[C@]1(O)[C@H]2C[C@H]([C@@H]4C[C@@H]5CCCC6=C5[C@H](C(=C5C[C@@H]7CC[C@@H]8CCC[C@]8(C7)[C@H]65)C(C)(C)C[C@H](n5ccnc5)CSS[C@]25CCCC52CCNCC2)[C@H]4O)[C@@]1(CO)C[C@@H]3CN=C(N)N[C@@H](C)O.